The highest BCUT2D eigenvalue weighted by molar-refractivity contribution is 9.09. The van der Waals surface area contributed by atoms with Gasteiger partial charge in [-0.05, 0) is 32.1 Å². The van der Waals surface area contributed by atoms with E-state index >= 15 is 0 Å². The molecule has 0 radical (unpaired) electrons. The lowest BCUT2D eigenvalue weighted by atomic mass is 9.58. The van der Waals surface area contributed by atoms with Gasteiger partial charge in [0.2, 0.25) is 0 Å². The molecular weight excluding hydrogens is 276 g/mol. The first-order valence-corrected chi connectivity index (χ1v) is 8.52. The fraction of sp³-hybridized carbons (Fsp3) is 1.00. The lowest BCUT2D eigenvalue weighted by Gasteiger charge is -2.56. The minimum Gasteiger partial charge on any atom is -0.374 e. The lowest BCUT2D eigenvalue weighted by Crippen LogP contribution is -2.57. The first-order chi connectivity index (χ1) is 8.31. The van der Waals surface area contributed by atoms with Gasteiger partial charge in [-0.1, -0.05) is 54.5 Å². The Kier molecular flexibility index (Phi) is 3.82. The molecule has 3 aliphatic carbocycles. The molecule has 1 nitrogen and oxygen atoms in total. The van der Waals surface area contributed by atoms with Crippen LogP contribution in [0.3, 0.4) is 0 Å². The molecule has 2 unspecified atom stereocenters. The zero-order chi connectivity index (χ0) is 11.7. The second-order valence-corrected chi connectivity index (χ2v) is 7.49. The molecule has 0 bridgehead atoms. The van der Waals surface area contributed by atoms with Gasteiger partial charge in [0, 0.05) is 10.2 Å². The Balaban J connectivity index is 1.59. The van der Waals surface area contributed by atoms with E-state index in [2.05, 4.69) is 15.9 Å². The fourth-order valence-corrected chi connectivity index (χ4v) is 5.26. The van der Waals surface area contributed by atoms with E-state index in [0.29, 0.717) is 17.6 Å². The predicted molar refractivity (Wildman–Crippen MR) is 74.6 cm³/mol. The smallest absolute Gasteiger partial charge is 0.0656 e. The molecule has 0 N–H and O–H groups in total. The van der Waals surface area contributed by atoms with E-state index in [-0.39, 0.29) is 0 Å². The van der Waals surface area contributed by atoms with Crippen LogP contribution in [0.5, 0.6) is 0 Å². The Labute approximate surface area is 114 Å². The van der Waals surface area contributed by atoms with Crippen LogP contribution >= 0.6 is 15.9 Å². The zero-order valence-electron chi connectivity index (χ0n) is 10.8. The molecule has 0 amide bonds. The van der Waals surface area contributed by atoms with E-state index in [9.17, 15) is 0 Å². The largest absolute Gasteiger partial charge is 0.374 e. The number of alkyl halides is 1. The third kappa shape index (κ3) is 2.32. The summed E-state index contributed by atoms with van der Waals surface area (Å²) in [6.07, 6.45) is 16.4. The Hall–Kier alpha value is 0.440. The van der Waals surface area contributed by atoms with E-state index in [0.717, 1.165) is 4.83 Å². The van der Waals surface area contributed by atoms with Crippen LogP contribution in [0.1, 0.15) is 70.6 Å². The first kappa shape index (κ1) is 12.5. The number of halogens is 1. The average Bonchev–Trinajstić information content (AvgIpc) is 2.41. The molecule has 0 saturated heterocycles. The molecule has 3 rings (SSSR count). The average molecular weight is 301 g/mol. The van der Waals surface area contributed by atoms with Gasteiger partial charge in [0.25, 0.3) is 0 Å². The second-order valence-electron chi connectivity index (χ2n) is 6.38. The van der Waals surface area contributed by atoms with Gasteiger partial charge in [0.05, 0.1) is 12.2 Å². The number of hydrogen-bond donors (Lipinski definition) is 0. The lowest BCUT2D eigenvalue weighted by molar-refractivity contribution is -0.155. The molecule has 2 atom stereocenters. The van der Waals surface area contributed by atoms with Crippen molar-refractivity contribution in [2.75, 3.05) is 0 Å². The highest BCUT2D eigenvalue weighted by Crippen LogP contribution is 2.57. The van der Waals surface area contributed by atoms with Gasteiger partial charge in [-0.2, -0.15) is 0 Å². The highest BCUT2D eigenvalue weighted by atomic mass is 79.9. The quantitative estimate of drug-likeness (QED) is 0.664. The van der Waals surface area contributed by atoms with Crippen LogP contribution in [-0.2, 0) is 4.74 Å². The minimum atomic E-state index is 0.524. The van der Waals surface area contributed by atoms with E-state index in [1.54, 1.807) is 0 Å². The van der Waals surface area contributed by atoms with Gasteiger partial charge in [-0.15, -0.1) is 0 Å². The maximum Gasteiger partial charge on any atom is 0.0656 e. The number of ether oxygens (including phenoxy) is 1. The van der Waals surface area contributed by atoms with Crippen molar-refractivity contribution >= 4 is 15.9 Å². The Morgan fingerprint density at radius 2 is 1.53 bits per heavy atom. The van der Waals surface area contributed by atoms with Crippen LogP contribution in [0, 0.1) is 5.41 Å². The maximum atomic E-state index is 6.46. The molecule has 2 heteroatoms. The van der Waals surface area contributed by atoms with Crippen LogP contribution in [0.4, 0.5) is 0 Å². The molecule has 0 heterocycles. The maximum absolute atomic E-state index is 6.46. The Morgan fingerprint density at radius 3 is 2.18 bits per heavy atom. The number of rotatable bonds is 2. The normalized spacial score (nSPS) is 37.9. The summed E-state index contributed by atoms with van der Waals surface area (Å²) in [5.74, 6) is 0. The summed E-state index contributed by atoms with van der Waals surface area (Å²) in [7, 11) is 0. The summed E-state index contributed by atoms with van der Waals surface area (Å²) in [6, 6.07) is 0. The van der Waals surface area contributed by atoms with Crippen LogP contribution < -0.4 is 0 Å². The van der Waals surface area contributed by atoms with Crippen molar-refractivity contribution in [3.63, 3.8) is 0 Å². The summed E-state index contributed by atoms with van der Waals surface area (Å²) in [6.45, 7) is 0. The number of hydrogen-bond acceptors (Lipinski definition) is 1. The van der Waals surface area contributed by atoms with Gasteiger partial charge in [0.1, 0.15) is 0 Å². The predicted octanol–water partition coefficient (Wildman–Crippen LogP) is 4.82. The van der Waals surface area contributed by atoms with Crippen LogP contribution in [0.25, 0.3) is 0 Å². The van der Waals surface area contributed by atoms with Gasteiger partial charge in [0.15, 0.2) is 0 Å². The van der Waals surface area contributed by atoms with Crippen molar-refractivity contribution in [2.45, 2.75) is 87.7 Å². The van der Waals surface area contributed by atoms with Crippen molar-refractivity contribution < 1.29 is 4.74 Å². The fourth-order valence-electron chi connectivity index (χ4n) is 4.17. The van der Waals surface area contributed by atoms with Crippen molar-refractivity contribution in [1.29, 1.82) is 0 Å². The van der Waals surface area contributed by atoms with Gasteiger partial charge >= 0.3 is 0 Å². The Morgan fingerprint density at radius 1 is 0.882 bits per heavy atom. The van der Waals surface area contributed by atoms with E-state index < -0.39 is 0 Å². The molecule has 0 aromatic heterocycles. The van der Waals surface area contributed by atoms with Crippen molar-refractivity contribution in [3.05, 3.63) is 0 Å². The summed E-state index contributed by atoms with van der Waals surface area (Å²) in [4.78, 5) is 0.740. The van der Waals surface area contributed by atoms with Gasteiger partial charge in [-0.3, -0.25) is 0 Å². The molecule has 3 fully saturated rings. The standard InChI is InChI=1S/C15H25BrO/c16-13-11-14(15(13)9-5-2-6-10-15)17-12-7-3-1-4-8-12/h12-14H,1-11H2. The molecule has 0 aromatic rings. The molecule has 0 aliphatic heterocycles. The first-order valence-electron chi connectivity index (χ1n) is 7.61. The third-order valence-corrected chi connectivity index (χ3v) is 6.67. The van der Waals surface area contributed by atoms with Gasteiger partial charge < -0.3 is 4.74 Å². The molecular formula is C15H25BrO. The SMILES string of the molecule is BrC1CC(OC2CCCCC2)C12CCCCC2. The molecule has 3 aliphatic rings. The summed E-state index contributed by atoms with van der Waals surface area (Å²) in [5, 5.41) is 0. The zero-order valence-corrected chi connectivity index (χ0v) is 12.4. The van der Waals surface area contributed by atoms with Crippen molar-refractivity contribution in [3.8, 4) is 0 Å². The molecule has 0 aromatic carbocycles. The molecule has 1 spiro atoms. The second kappa shape index (κ2) is 5.21. The Bertz CT molecular complexity index is 254. The minimum absolute atomic E-state index is 0.524. The van der Waals surface area contributed by atoms with E-state index in [4.69, 9.17) is 4.74 Å². The van der Waals surface area contributed by atoms with Crippen LogP contribution in [-0.4, -0.2) is 17.0 Å². The van der Waals surface area contributed by atoms with Crippen LogP contribution in [0.2, 0.25) is 0 Å². The third-order valence-electron chi connectivity index (χ3n) is 5.38. The van der Waals surface area contributed by atoms with E-state index in [1.807, 2.05) is 0 Å². The van der Waals surface area contributed by atoms with Crippen molar-refractivity contribution in [1.82, 2.24) is 0 Å². The molecule has 3 saturated carbocycles. The van der Waals surface area contributed by atoms with Crippen molar-refractivity contribution in [2.24, 2.45) is 5.41 Å². The van der Waals surface area contributed by atoms with Gasteiger partial charge in [-0.25, -0.2) is 0 Å². The van der Waals surface area contributed by atoms with E-state index in [1.165, 1.54) is 70.6 Å². The summed E-state index contributed by atoms with van der Waals surface area (Å²) < 4.78 is 6.46. The topological polar surface area (TPSA) is 9.23 Å². The monoisotopic (exact) mass is 300 g/mol. The summed E-state index contributed by atoms with van der Waals surface area (Å²) >= 11 is 3.90. The molecule has 98 valence electrons. The van der Waals surface area contributed by atoms with Crippen LogP contribution in [0.15, 0.2) is 0 Å². The molecule has 17 heavy (non-hydrogen) atoms. The highest BCUT2D eigenvalue weighted by Gasteiger charge is 2.55. The summed E-state index contributed by atoms with van der Waals surface area (Å²) in [5.41, 5.74) is 0.524.